The second kappa shape index (κ2) is 19.5. The van der Waals surface area contributed by atoms with Gasteiger partial charge in [0.1, 0.15) is 11.7 Å². The number of carbonyl (C=O) groups excluding carboxylic acids is 3. The summed E-state index contributed by atoms with van der Waals surface area (Å²) < 4.78 is 72.4. The molecule has 0 aliphatic carbocycles. The van der Waals surface area contributed by atoms with Crippen LogP contribution in [0.5, 0.6) is 0 Å². The van der Waals surface area contributed by atoms with E-state index in [2.05, 4.69) is 25.9 Å². The molecule has 4 aliphatic rings. The summed E-state index contributed by atoms with van der Waals surface area (Å²) in [6.45, 7) is 8.52. The lowest BCUT2D eigenvalue weighted by Gasteiger charge is -2.34. The third kappa shape index (κ3) is 10.8. The number of aromatic nitrogens is 2. The molecule has 4 saturated heterocycles. The van der Waals surface area contributed by atoms with E-state index in [1.807, 2.05) is 0 Å². The molecule has 4 fully saturated rings. The maximum absolute atomic E-state index is 13.4. The van der Waals surface area contributed by atoms with E-state index >= 15 is 0 Å². The lowest BCUT2D eigenvalue weighted by molar-refractivity contribution is -0.138. The van der Waals surface area contributed by atoms with Crippen molar-refractivity contribution in [3.63, 3.8) is 0 Å². The third-order valence-electron chi connectivity index (χ3n) is 10.9. The summed E-state index contributed by atoms with van der Waals surface area (Å²) in [7, 11) is -7.60. The number of pyridine rings is 2. The Morgan fingerprint density at radius 2 is 1.24 bits per heavy atom. The Bertz CT molecular complexity index is 2570. The molecular weight excluding hydrogens is 900 g/mol. The summed E-state index contributed by atoms with van der Waals surface area (Å²) in [5.41, 5.74) is -0.642. The van der Waals surface area contributed by atoms with Gasteiger partial charge in [-0.2, -0.15) is 8.61 Å². The fourth-order valence-corrected chi connectivity index (χ4v) is 11.9. The van der Waals surface area contributed by atoms with E-state index in [-0.39, 0.29) is 71.5 Å². The number of amides is 3. The molecule has 0 bridgehead atoms. The Hall–Kier alpha value is -4.25. The van der Waals surface area contributed by atoms with Crippen molar-refractivity contribution in [2.24, 2.45) is 0 Å². The van der Waals surface area contributed by atoms with Crippen LogP contribution >= 0.6 is 23.2 Å². The van der Waals surface area contributed by atoms with Crippen molar-refractivity contribution in [1.29, 1.82) is 0 Å². The van der Waals surface area contributed by atoms with Gasteiger partial charge in [0, 0.05) is 104 Å². The second-order valence-corrected chi connectivity index (χ2v) is 21.1. The first-order valence-electron chi connectivity index (χ1n) is 20.5. The monoisotopic (exact) mass is 948 g/mol. The molecule has 4 atom stereocenters. The van der Waals surface area contributed by atoms with Gasteiger partial charge in [-0.3, -0.25) is 19.6 Å². The van der Waals surface area contributed by atoms with Crippen LogP contribution < -0.4 is 16.0 Å². The number of hydrogen-bond donors (Lipinski definition) is 3. The van der Waals surface area contributed by atoms with E-state index in [9.17, 15) is 31.2 Å². The molecule has 8 rings (SSSR count). The lowest BCUT2D eigenvalue weighted by atomic mass is 10.2. The summed E-state index contributed by atoms with van der Waals surface area (Å²) in [5.74, 6) is -0.600. The zero-order valence-electron chi connectivity index (χ0n) is 35.0. The Labute approximate surface area is 376 Å². The summed E-state index contributed by atoms with van der Waals surface area (Å²) in [6.07, 6.45) is 5.12. The molecule has 3 amide bonds. The molecule has 2 aromatic heterocycles. The normalized spacial score (nSPS) is 22.7. The van der Waals surface area contributed by atoms with Crippen LogP contribution in [-0.4, -0.2) is 154 Å². The first kappa shape index (κ1) is 46.7. The number of halogens is 2. The third-order valence-corrected chi connectivity index (χ3v) is 15.2. The van der Waals surface area contributed by atoms with Gasteiger partial charge in [0.15, 0.2) is 6.10 Å². The minimum atomic E-state index is -3.85. The van der Waals surface area contributed by atoms with Crippen LogP contribution in [0.15, 0.2) is 71.0 Å². The molecule has 6 heterocycles. The van der Waals surface area contributed by atoms with Gasteiger partial charge in [-0.05, 0) is 45.7 Å². The molecule has 0 saturated carbocycles. The highest BCUT2D eigenvalue weighted by molar-refractivity contribution is 7.89. The van der Waals surface area contributed by atoms with E-state index in [1.54, 1.807) is 63.5 Å². The summed E-state index contributed by atoms with van der Waals surface area (Å²) in [6, 6.07) is 9.30. The fourth-order valence-electron chi connectivity index (χ4n) is 7.78. The van der Waals surface area contributed by atoms with E-state index < -0.39 is 43.9 Å². The van der Waals surface area contributed by atoms with Crippen LogP contribution in [-0.2, 0) is 43.8 Å². The zero-order valence-corrected chi connectivity index (χ0v) is 38.1. The van der Waals surface area contributed by atoms with Gasteiger partial charge in [-0.25, -0.2) is 21.6 Å². The maximum atomic E-state index is 13.4. The van der Waals surface area contributed by atoms with Crippen molar-refractivity contribution >= 4 is 82.7 Å². The minimum Gasteiger partial charge on any atom is -0.444 e. The topological polar surface area (TPSA) is 219 Å². The number of ether oxygens (including phenoxy) is 3. The maximum Gasteiger partial charge on any atom is 0.410 e. The van der Waals surface area contributed by atoms with Crippen LogP contribution in [0.3, 0.4) is 0 Å². The first-order chi connectivity index (χ1) is 29.9. The molecule has 4 aromatic rings. The smallest absolute Gasteiger partial charge is 0.410 e. The van der Waals surface area contributed by atoms with Gasteiger partial charge in [-0.1, -0.05) is 47.5 Å². The van der Waals surface area contributed by atoms with Gasteiger partial charge < -0.3 is 35.1 Å². The summed E-state index contributed by atoms with van der Waals surface area (Å²) in [4.78, 5) is 47.3. The van der Waals surface area contributed by atoms with Gasteiger partial charge in [0.2, 0.25) is 20.0 Å². The predicted octanol–water partition coefficient (Wildman–Crippen LogP) is 3.16. The first-order valence-corrected chi connectivity index (χ1v) is 24.1. The molecule has 4 aliphatic heterocycles. The average Bonchev–Trinajstić information content (AvgIpc) is 3.95. The quantitative estimate of drug-likeness (QED) is 0.232. The van der Waals surface area contributed by atoms with Crippen molar-refractivity contribution in [3.8, 4) is 0 Å². The van der Waals surface area contributed by atoms with Crippen LogP contribution in [0, 0.1) is 0 Å². The Morgan fingerprint density at radius 1 is 0.730 bits per heavy atom. The van der Waals surface area contributed by atoms with Crippen molar-refractivity contribution in [2.45, 2.75) is 73.3 Å². The van der Waals surface area contributed by atoms with Crippen molar-refractivity contribution in [3.05, 3.63) is 71.2 Å². The number of nitrogens with zero attached hydrogens (tertiary/aromatic N) is 5. The number of rotatable bonds is 8. The Kier molecular flexibility index (Phi) is 14.4. The number of benzene rings is 2. The Morgan fingerprint density at radius 3 is 1.73 bits per heavy atom. The van der Waals surface area contributed by atoms with Crippen molar-refractivity contribution < 1.29 is 45.4 Å². The summed E-state index contributed by atoms with van der Waals surface area (Å²) >= 11 is 12.5. The molecule has 340 valence electrons. The second-order valence-electron chi connectivity index (χ2n) is 16.5. The summed E-state index contributed by atoms with van der Waals surface area (Å²) in [5, 5.41) is 11.6. The molecular formula is C41H50Cl2N8O10S2. The highest BCUT2D eigenvalue weighted by Gasteiger charge is 2.38. The van der Waals surface area contributed by atoms with Crippen LogP contribution in [0.25, 0.3) is 21.5 Å². The van der Waals surface area contributed by atoms with E-state index in [0.717, 1.165) is 6.54 Å². The van der Waals surface area contributed by atoms with E-state index in [4.69, 9.17) is 37.4 Å². The number of carbonyl (C=O) groups is 3. The zero-order chi connectivity index (χ0) is 45.1. The average molecular weight is 950 g/mol. The highest BCUT2D eigenvalue weighted by atomic mass is 35.5. The molecule has 22 heteroatoms. The number of sulfonamides is 2. The number of nitrogens with one attached hydrogen (secondary N) is 3. The molecule has 0 radical (unpaired) electrons. The SMILES string of the molecule is CC(C)(C)OC(=O)N1CCOC(C(=O)N[C@H]2CCN(S(=O)(=O)c3cccc4cncc(Cl)c34)C2)C1.O=C(N[C@H]1CCN(S(=O)(=O)c2cccc3cncc(Cl)c23)C1)C1CNCCO1. The Balaban J connectivity index is 0.000000193. The van der Waals surface area contributed by atoms with Gasteiger partial charge in [-0.15, -0.1) is 0 Å². The van der Waals surface area contributed by atoms with Gasteiger partial charge >= 0.3 is 6.09 Å². The minimum absolute atomic E-state index is 0.0675. The molecule has 2 unspecified atom stereocenters. The number of hydrogen-bond acceptors (Lipinski definition) is 13. The fraction of sp³-hybridized carbons (Fsp3) is 0.488. The molecule has 63 heavy (non-hydrogen) atoms. The molecule has 2 aromatic carbocycles. The molecule has 0 spiro atoms. The number of fused-ring (bicyclic) bond motifs is 2. The van der Waals surface area contributed by atoms with Crippen molar-refractivity contribution in [2.75, 3.05) is 65.6 Å². The van der Waals surface area contributed by atoms with Crippen molar-refractivity contribution in [1.82, 2.24) is 39.4 Å². The van der Waals surface area contributed by atoms with E-state index in [1.165, 1.54) is 32.0 Å². The highest BCUT2D eigenvalue weighted by Crippen LogP contribution is 2.34. The van der Waals surface area contributed by atoms with Gasteiger partial charge in [0.05, 0.1) is 39.6 Å². The van der Waals surface area contributed by atoms with Crippen LogP contribution in [0.4, 0.5) is 4.79 Å². The standard InChI is InChI=1S/C23H29ClN4O6S.C18H21ClN4O4S/c1-23(2,3)34-22(30)27-9-10-33-18(14-27)21(29)26-16-7-8-28(13-16)35(31,32)19-6-4-5-15-11-25-12-17(24)20(15)19;19-14-9-21-8-12-2-1-3-16(17(12)14)28(25,26)23-6-4-13(11-23)22-18(24)15-10-20-5-7-27-15/h4-6,11-12,16,18H,7-10,13-14H2,1-3H3,(H,26,29);1-3,8-9,13,15,20H,4-7,10-11H2,(H,22,24)/t16-,18?;13-,15?/m00/s1. The molecule has 3 N–H and O–H groups in total. The van der Waals surface area contributed by atoms with Crippen LogP contribution in [0.1, 0.15) is 33.6 Å². The van der Waals surface area contributed by atoms with E-state index in [0.29, 0.717) is 65.7 Å². The number of morpholine rings is 2. The lowest BCUT2D eigenvalue weighted by Crippen LogP contribution is -2.54. The molecule has 18 nitrogen and oxygen atoms in total. The van der Waals surface area contributed by atoms with Gasteiger partial charge in [0.25, 0.3) is 11.8 Å². The van der Waals surface area contributed by atoms with Crippen LogP contribution in [0.2, 0.25) is 10.0 Å². The predicted molar refractivity (Wildman–Crippen MR) is 234 cm³/mol. The largest absolute Gasteiger partial charge is 0.444 e.